The summed E-state index contributed by atoms with van der Waals surface area (Å²) >= 11 is 0. The average Bonchev–Trinajstić information content (AvgIpc) is 3.34. The first-order valence-corrected chi connectivity index (χ1v) is 10.9. The number of rotatable bonds is 10. The van der Waals surface area contributed by atoms with Crippen molar-refractivity contribution in [3.63, 3.8) is 0 Å². The van der Waals surface area contributed by atoms with Crippen molar-refractivity contribution in [1.82, 2.24) is 24.5 Å². The lowest BCUT2D eigenvalue weighted by molar-refractivity contribution is -0.0544. The van der Waals surface area contributed by atoms with Gasteiger partial charge in [-0.25, -0.2) is 9.36 Å². The highest BCUT2D eigenvalue weighted by atomic mass is 31.2. The zero-order chi connectivity index (χ0) is 22.6. The third-order valence-electron chi connectivity index (χ3n) is 4.69. The Morgan fingerprint density at radius 3 is 2.84 bits per heavy atom. The van der Waals surface area contributed by atoms with Crippen LogP contribution in [0.4, 0.5) is 0 Å². The molecule has 2 aromatic heterocycles. The van der Waals surface area contributed by atoms with Gasteiger partial charge in [-0.3, -0.25) is 28.1 Å². The van der Waals surface area contributed by atoms with Gasteiger partial charge < -0.3 is 20.1 Å². The summed E-state index contributed by atoms with van der Waals surface area (Å²) in [5.74, 6) is 0. The summed E-state index contributed by atoms with van der Waals surface area (Å²) in [7, 11) is -1.82. The van der Waals surface area contributed by atoms with E-state index in [2.05, 4.69) is 19.8 Å². The fraction of sp³-hybridized carbons (Fsp3) is 0.625. The minimum Gasteiger partial charge on any atom is -0.382 e. The van der Waals surface area contributed by atoms with E-state index >= 15 is 0 Å². The maximum Gasteiger partial charge on any atom is 0.472 e. The van der Waals surface area contributed by atoms with Crippen molar-refractivity contribution < 1.29 is 28.0 Å². The number of phosphoric ester groups is 1. The van der Waals surface area contributed by atoms with Crippen molar-refractivity contribution in [3.05, 3.63) is 33.2 Å². The summed E-state index contributed by atoms with van der Waals surface area (Å²) < 4.78 is 35.0. The fourth-order valence-corrected chi connectivity index (χ4v) is 3.83. The van der Waals surface area contributed by atoms with E-state index in [1.807, 2.05) is 0 Å². The van der Waals surface area contributed by atoms with Crippen molar-refractivity contribution >= 4 is 7.82 Å². The minimum atomic E-state index is -4.30. The highest BCUT2D eigenvalue weighted by Gasteiger charge is 2.41. The molecular weight excluding hydrogens is 435 g/mol. The number of methoxy groups -OCH3 is 1. The summed E-state index contributed by atoms with van der Waals surface area (Å²) in [5.41, 5.74) is 4.52. The van der Waals surface area contributed by atoms with Crippen LogP contribution in [0.2, 0.25) is 0 Å². The van der Waals surface area contributed by atoms with E-state index < -0.39 is 37.5 Å². The van der Waals surface area contributed by atoms with Gasteiger partial charge in [0.25, 0.3) is 5.56 Å². The number of hydrogen-bond donors (Lipinski definition) is 3. The normalized spacial score (nSPS) is 23.2. The summed E-state index contributed by atoms with van der Waals surface area (Å²) in [4.78, 5) is 36.7. The van der Waals surface area contributed by atoms with E-state index in [4.69, 9.17) is 19.7 Å². The number of H-pyrrole nitrogens is 1. The number of nitrogens with zero attached hydrogens (tertiary/aromatic N) is 4. The number of aryl methyl sites for hydroxylation is 1. The molecule has 1 aliphatic rings. The van der Waals surface area contributed by atoms with E-state index in [1.165, 1.54) is 13.3 Å². The molecule has 0 aromatic carbocycles. The molecule has 2 aromatic rings. The summed E-state index contributed by atoms with van der Waals surface area (Å²) in [6.07, 6.45) is 1.08. The van der Waals surface area contributed by atoms with Gasteiger partial charge in [-0.05, 0) is 13.0 Å². The maximum absolute atomic E-state index is 12.4. The van der Waals surface area contributed by atoms with Crippen molar-refractivity contribution in [3.8, 4) is 11.3 Å². The molecule has 0 spiro atoms. The van der Waals surface area contributed by atoms with Gasteiger partial charge in [0.2, 0.25) is 0 Å². The first-order valence-electron chi connectivity index (χ1n) is 9.45. The molecule has 3 rings (SSSR count). The summed E-state index contributed by atoms with van der Waals surface area (Å²) in [6, 6.07) is 0. The molecule has 172 valence electrons. The quantitative estimate of drug-likeness (QED) is 0.377. The zero-order valence-corrected chi connectivity index (χ0v) is 17.9. The van der Waals surface area contributed by atoms with Gasteiger partial charge in [-0.2, -0.15) is 0 Å². The van der Waals surface area contributed by atoms with E-state index in [0.717, 1.165) is 11.7 Å². The molecule has 1 aliphatic heterocycles. The van der Waals surface area contributed by atoms with Crippen molar-refractivity contribution in [2.45, 2.75) is 37.8 Å². The van der Waals surface area contributed by atoms with Crippen molar-refractivity contribution in [2.75, 3.05) is 27.4 Å². The van der Waals surface area contributed by atoms with Gasteiger partial charge in [0, 0.05) is 33.4 Å². The predicted octanol–water partition coefficient (Wildman–Crippen LogP) is -0.790. The van der Waals surface area contributed by atoms with Crippen LogP contribution in [0.3, 0.4) is 0 Å². The van der Waals surface area contributed by atoms with Gasteiger partial charge in [0.15, 0.2) is 0 Å². The van der Waals surface area contributed by atoms with Crippen LogP contribution in [0.15, 0.2) is 22.0 Å². The molecule has 4 N–H and O–H groups in total. The fourth-order valence-electron chi connectivity index (χ4n) is 3.18. The van der Waals surface area contributed by atoms with Gasteiger partial charge in [0.05, 0.1) is 18.4 Å². The predicted molar refractivity (Wildman–Crippen MR) is 106 cm³/mol. The zero-order valence-electron chi connectivity index (χ0n) is 17.0. The Bertz CT molecular complexity index is 1050. The van der Waals surface area contributed by atoms with Gasteiger partial charge >= 0.3 is 13.5 Å². The first kappa shape index (κ1) is 23.5. The molecule has 0 amide bonds. The van der Waals surface area contributed by atoms with Crippen LogP contribution in [-0.4, -0.2) is 69.0 Å². The van der Waals surface area contributed by atoms with Crippen molar-refractivity contribution in [1.29, 1.82) is 0 Å². The van der Waals surface area contributed by atoms with Crippen LogP contribution in [-0.2, 0) is 29.6 Å². The maximum atomic E-state index is 12.4. The van der Waals surface area contributed by atoms with Crippen LogP contribution in [0, 0.1) is 0 Å². The number of aromatic nitrogens is 5. The molecule has 3 heterocycles. The third-order valence-corrected chi connectivity index (χ3v) is 5.69. The van der Waals surface area contributed by atoms with E-state index in [-0.39, 0.29) is 24.3 Å². The van der Waals surface area contributed by atoms with Gasteiger partial charge in [-0.15, -0.1) is 5.10 Å². The van der Waals surface area contributed by atoms with E-state index in [0.29, 0.717) is 19.5 Å². The molecule has 14 nitrogen and oxygen atoms in total. The highest BCUT2D eigenvalue weighted by Crippen LogP contribution is 2.47. The Kier molecular flexibility index (Phi) is 7.54. The molecule has 1 fully saturated rings. The Labute approximate surface area is 176 Å². The molecule has 2 unspecified atom stereocenters. The second-order valence-corrected chi connectivity index (χ2v) is 8.35. The van der Waals surface area contributed by atoms with Gasteiger partial charge in [-0.1, -0.05) is 5.21 Å². The van der Waals surface area contributed by atoms with E-state index in [1.54, 1.807) is 10.9 Å². The van der Waals surface area contributed by atoms with Crippen LogP contribution in [0.5, 0.6) is 0 Å². The monoisotopic (exact) mass is 460 g/mol. The molecule has 1 saturated heterocycles. The number of hydrogen-bond acceptors (Lipinski definition) is 10. The molecule has 0 bridgehead atoms. The number of ether oxygens (including phenoxy) is 2. The summed E-state index contributed by atoms with van der Waals surface area (Å²) in [6.45, 7) is 1.06. The second kappa shape index (κ2) is 9.96. The molecule has 0 saturated carbocycles. The van der Waals surface area contributed by atoms with E-state index in [9.17, 15) is 19.0 Å². The first-order chi connectivity index (χ1) is 14.8. The Morgan fingerprint density at radius 2 is 2.16 bits per heavy atom. The largest absolute Gasteiger partial charge is 0.472 e. The standard InChI is InChI=1S/C16H25N6O8P/c1-27-9-13-12(30-31(25,26)28-2)6-14(29-13)22-7-10(15(23)18-16(22)24)11-8-21(20-19-11)5-3-4-17/h7-8,12-14H,3-6,9,17H2,1-2H3,(H,25,26)(H,18,23,24)/t12?,13-,14-/m1/s1. The van der Waals surface area contributed by atoms with Crippen LogP contribution in [0.25, 0.3) is 11.3 Å². The second-order valence-electron chi connectivity index (χ2n) is 6.83. The number of nitrogens with one attached hydrogen (secondary N) is 1. The molecule has 15 heteroatoms. The molecular formula is C16H25N6O8P. The summed E-state index contributed by atoms with van der Waals surface area (Å²) in [5, 5.41) is 7.93. The highest BCUT2D eigenvalue weighted by molar-refractivity contribution is 7.47. The lowest BCUT2D eigenvalue weighted by Crippen LogP contribution is -2.33. The molecule has 31 heavy (non-hydrogen) atoms. The van der Waals surface area contributed by atoms with Crippen LogP contribution in [0.1, 0.15) is 19.1 Å². The molecule has 0 aliphatic carbocycles. The Hall–Kier alpha value is -2.19. The lowest BCUT2D eigenvalue weighted by Gasteiger charge is -2.19. The number of nitrogens with two attached hydrogens (primary N) is 1. The SMILES string of the molecule is COC[C@H]1O[C@@H](n2cc(-c3cn(CCCN)nn3)c(=O)[nH]c2=O)CC1OP(=O)(O)OC. The number of aromatic amines is 1. The minimum absolute atomic E-state index is 0.0382. The number of phosphoric acid groups is 1. The van der Waals surface area contributed by atoms with Crippen LogP contribution < -0.4 is 17.0 Å². The smallest absolute Gasteiger partial charge is 0.382 e. The van der Waals surface area contributed by atoms with Crippen molar-refractivity contribution in [2.24, 2.45) is 5.73 Å². The lowest BCUT2D eigenvalue weighted by atomic mass is 10.2. The van der Waals surface area contributed by atoms with Gasteiger partial charge in [0.1, 0.15) is 24.1 Å². The third kappa shape index (κ3) is 5.54. The van der Waals surface area contributed by atoms with Crippen LogP contribution >= 0.6 is 7.82 Å². The Morgan fingerprint density at radius 1 is 1.39 bits per heavy atom. The molecule has 4 atom stereocenters. The topological polar surface area (TPSA) is 186 Å². The Balaban J connectivity index is 1.89. The average molecular weight is 460 g/mol. The molecule has 0 radical (unpaired) electrons.